The van der Waals surface area contributed by atoms with Crippen molar-refractivity contribution in [2.24, 2.45) is 0 Å². The summed E-state index contributed by atoms with van der Waals surface area (Å²) in [4.78, 5) is 27.3. The van der Waals surface area contributed by atoms with E-state index in [1.54, 1.807) is 42.5 Å². The number of thioether (sulfide) groups is 1. The number of hydrogen-bond acceptors (Lipinski definition) is 4. The first-order chi connectivity index (χ1) is 16.6. The number of ether oxygens (including phenoxy) is 1. The number of fused-ring (bicyclic) bond motifs is 1. The largest absolute Gasteiger partial charge is 0.488 e. The van der Waals surface area contributed by atoms with E-state index >= 15 is 0 Å². The lowest BCUT2D eigenvalue weighted by Gasteiger charge is -2.13. The van der Waals surface area contributed by atoms with Crippen LogP contribution in [0.15, 0.2) is 95.9 Å². The molecule has 6 heteroatoms. The zero-order valence-corrected chi connectivity index (χ0v) is 18.9. The third-order valence-electron chi connectivity index (χ3n) is 5.57. The van der Waals surface area contributed by atoms with Crippen LogP contribution in [0.5, 0.6) is 5.75 Å². The minimum absolute atomic E-state index is 0.0565. The van der Waals surface area contributed by atoms with E-state index in [0.717, 1.165) is 28.1 Å². The van der Waals surface area contributed by atoms with Crippen molar-refractivity contribution < 1.29 is 18.7 Å². The Morgan fingerprint density at radius 1 is 0.853 bits per heavy atom. The number of carbonyl (C=O) groups excluding carboxylic acids is 2. The fraction of sp³-hybridized carbons (Fsp3) is 0.0714. The van der Waals surface area contributed by atoms with Crippen LogP contribution >= 0.6 is 11.8 Å². The molecular formula is C28H20FNO3S. The number of carbonyl (C=O) groups is 2. The van der Waals surface area contributed by atoms with Crippen LogP contribution in [0, 0.1) is 5.82 Å². The summed E-state index contributed by atoms with van der Waals surface area (Å²) in [6.45, 7) is 0.263. The van der Waals surface area contributed by atoms with Gasteiger partial charge in [-0.1, -0.05) is 72.8 Å². The van der Waals surface area contributed by atoms with Gasteiger partial charge in [-0.15, -0.1) is 0 Å². The molecule has 1 fully saturated rings. The molecule has 4 aromatic carbocycles. The number of para-hydroxylation sites is 1. The monoisotopic (exact) mass is 469 g/mol. The zero-order valence-electron chi connectivity index (χ0n) is 18.1. The van der Waals surface area contributed by atoms with Gasteiger partial charge in [0, 0.05) is 11.1 Å². The van der Waals surface area contributed by atoms with Gasteiger partial charge in [0.05, 0.1) is 11.4 Å². The number of nitrogens with zero attached hydrogens (tertiary/aromatic N) is 1. The summed E-state index contributed by atoms with van der Waals surface area (Å²) in [7, 11) is 0. The molecule has 0 bridgehead atoms. The number of benzene rings is 4. The highest BCUT2D eigenvalue weighted by atomic mass is 32.2. The third-order valence-corrected chi connectivity index (χ3v) is 6.48. The minimum Gasteiger partial charge on any atom is -0.488 e. The number of halogens is 1. The van der Waals surface area contributed by atoms with E-state index < -0.39 is 0 Å². The molecule has 5 rings (SSSR count). The summed E-state index contributed by atoms with van der Waals surface area (Å²) < 4.78 is 19.8. The molecule has 1 aliphatic rings. The molecule has 0 aliphatic carbocycles. The lowest BCUT2D eigenvalue weighted by molar-refractivity contribution is -0.123. The van der Waals surface area contributed by atoms with Crippen molar-refractivity contribution in [2.75, 3.05) is 0 Å². The van der Waals surface area contributed by atoms with Gasteiger partial charge >= 0.3 is 0 Å². The van der Waals surface area contributed by atoms with Crippen LogP contribution in [0.25, 0.3) is 16.8 Å². The smallest absolute Gasteiger partial charge is 0.293 e. The highest BCUT2D eigenvalue weighted by Gasteiger charge is 2.35. The second-order valence-corrected chi connectivity index (χ2v) is 8.86. The van der Waals surface area contributed by atoms with E-state index in [-0.39, 0.29) is 30.1 Å². The van der Waals surface area contributed by atoms with E-state index in [1.807, 2.05) is 48.5 Å². The highest BCUT2D eigenvalue weighted by molar-refractivity contribution is 8.18. The first-order valence-electron chi connectivity index (χ1n) is 10.8. The first-order valence-corrected chi connectivity index (χ1v) is 11.6. The van der Waals surface area contributed by atoms with Crippen LogP contribution in [0.4, 0.5) is 9.18 Å². The molecule has 4 aromatic rings. The second kappa shape index (κ2) is 9.53. The van der Waals surface area contributed by atoms with Gasteiger partial charge in [-0.2, -0.15) is 0 Å². The maximum Gasteiger partial charge on any atom is 0.293 e. The summed E-state index contributed by atoms with van der Waals surface area (Å²) in [5, 5.41) is 1.85. The quantitative estimate of drug-likeness (QED) is 0.292. The average molecular weight is 470 g/mol. The maximum absolute atomic E-state index is 13.9. The summed E-state index contributed by atoms with van der Waals surface area (Å²) in [6.07, 6.45) is 1.65. The number of rotatable bonds is 6. The molecule has 34 heavy (non-hydrogen) atoms. The van der Waals surface area contributed by atoms with Gasteiger partial charge < -0.3 is 4.74 Å². The molecule has 2 amide bonds. The summed E-state index contributed by atoms with van der Waals surface area (Å²) in [5.74, 6) is -0.172. The number of amides is 2. The van der Waals surface area contributed by atoms with E-state index in [9.17, 15) is 14.0 Å². The van der Waals surface area contributed by atoms with Gasteiger partial charge in [-0.05, 0) is 52.4 Å². The van der Waals surface area contributed by atoms with Gasteiger partial charge in [0.25, 0.3) is 11.1 Å². The molecule has 0 N–H and O–H groups in total. The molecule has 0 atom stereocenters. The molecule has 0 saturated carbocycles. The van der Waals surface area contributed by atoms with Crippen LogP contribution in [-0.4, -0.2) is 16.0 Å². The molecule has 4 nitrogen and oxygen atoms in total. The van der Waals surface area contributed by atoms with E-state index in [1.165, 1.54) is 11.0 Å². The van der Waals surface area contributed by atoms with Crippen molar-refractivity contribution >= 4 is 39.8 Å². The lowest BCUT2D eigenvalue weighted by Crippen LogP contribution is -2.27. The predicted molar refractivity (Wildman–Crippen MR) is 133 cm³/mol. The minimum atomic E-state index is -0.341. The van der Waals surface area contributed by atoms with Crippen LogP contribution in [0.2, 0.25) is 0 Å². The van der Waals surface area contributed by atoms with Crippen molar-refractivity contribution in [1.82, 2.24) is 4.90 Å². The lowest BCUT2D eigenvalue weighted by atomic mass is 10.1. The Kier molecular flexibility index (Phi) is 6.14. The summed E-state index contributed by atoms with van der Waals surface area (Å²) in [6, 6.07) is 27.5. The summed E-state index contributed by atoms with van der Waals surface area (Å²) >= 11 is 0.908. The SMILES string of the molecule is O=C1S/C(=C\c2ccccc2OCc2ccccc2F)C(=O)N1Cc1ccc2ccccc2c1. The molecule has 1 saturated heterocycles. The topological polar surface area (TPSA) is 46.6 Å². The molecule has 0 aromatic heterocycles. The van der Waals surface area contributed by atoms with Gasteiger partial charge in [0.1, 0.15) is 18.2 Å². The van der Waals surface area contributed by atoms with Crippen molar-refractivity contribution in [3.63, 3.8) is 0 Å². The predicted octanol–water partition coefficient (Wildman–Crippen LogP) is 6.79. The Hall–Kier alpha value is -3.90. The second-order valence-electron chi connectivity index (χ2n) is 7.87. The van der Waals surface area contributed by atoms with Crippen LogP contribution in [-0.2, 0) is 17.9 Å². The molecule has 0 spiro atoms. The fourth-order valence-corrected chi connectivity index (χ4v) is 4.63. The highest BCUT2D eigenvalue weighted by Crippen LogP contribution is 2.35. The fourth-order valence-electron chi connectivity index (χ4n) is 3.80. The Morgan fingerprint density at radius 2 is 1.59 bits per heavy atom. The maximum atomic E-state index is 13.9. The van der Waals surface area contributed by atoms with Gasteiger partial charge in [0.2, 0.25) is 0 Å². The Balaban J connectivity index is 1.35. The first kappa shape index (κ1) is 21.9. The van der Waals surface area contributed by atoms with Gasteiger partial charge in [0.15, 0.2) is 0 Å². The third kappa shape index (κ3) is 4.58. The zero-order chi connectivity index (χ0) is 23.5. The molecular weight excluding hydrogens is 449 g/mol. The number of hydrogen-bond donors (Lipinski definition) is 0. The van der Waals surface area contributed by atoms with Crippen LogP contribution in [0.3, 0.4) is 0 Å². The van der Waals surface area contributed by atoms with Gasteiger partial charge in [-0.3, -0.25) is 14.5 Å². The van der Waals surface area contributed by atoms with Gasteiger partial charge in [-0.25, -0.2) is 4.39 Å². The normalized spacial score (nSPS) is 14.9. The van der Waals surface area contributed by atoms with Crippen LogP contribution < -0.4 is 4.74 Å². The molecule has 168 valence electrons. The average Bonchev–Trinajstić information content (AvgIpc) is 3.11. The molecule has 0 unspecified atom stereocenters. The number of imide groups is 1. The Bertz CT molecular complexity index is 1430. The van der Waals surface area contributed by atoms with Crippen molar-refractivity contribution in [3.8, 4) is 5.75 Å². The van der Waals surface area contributed by atoms with Crippen molar-refractivity contribution in [2.45, 2.75) is 13.2 Å². The molecule has 1 aliphatic heterocycles. The molecule has 1 heterocycles. The van der Waals surface area contributed by atoms with E-state index in [0.29, 0.717) is 21.8 Å². The summed E-state index contributed by atoms with van der Waals surface area (Å²) in [5.41, 5.74) is 1.97. The van der Waals surface area contributed by atoms with E-state index in [4.69, 9.17) is 4.74 Å². The van der Waals surface area contributed by atoms with Crippen molar-refractivity contribution in [3.05, 3.63) is 118 Å². The van der Waals surface area contributed by atoms with E-state index in [2.05, 4.69) is 0 Å². The van der Waals surface area contributed by atoms with Crippen molar-refractivity contribution in [1.29, 1.82) is 0 Å². The molecule has 0 radical (unpaired) electrons. The van der Waals surface area contributed by atoms with Crippen LogP contribution in [0.1, 0.15) is 16.7 Å². The Labute approximate surface area is 200 Å². The standard InChI is InChI=1S/C28H20FNO3S/c29-24-11-5-3-10-23(24)18-33-25-12-6-4-9-22(25)16-26-27(31)30(28(32)34-26)17-19-13-14-20-7-1-2-8-21(20)15-19/h1-16H,17-18H2/b26-16-. The Morgan fingerprint density at radius 3 is 2.44 bits per heavy atom.